The number of carbonyl (C=O) groups is 3. The highest BCUT2D eigenvalue weighted by atomic mass is 32.1. The van der Waals surface area contributed by atoms with Gasteiger partial charge in [-0.3, -0.25) is 9.59 Å². The molecule has 1 aromatic carbocycles. The van der Waals surface area contributed by atoms with E-state index in [0.29, 0.717) is 22.8 Å². The SMILES string of the molecule is CCOC(=O)COc1cc(-c2scnc2C)ccc1CNC(=O)[C@@H]1C[C@@H](O)CN1C(=O)C(c1cc(C)no1)C(C)C. The average molecular weight is 585 g/mol. The maximum atomic E-state index is 13.6. The van der Waals surface area contributed by atoms with Crippen LogP contribution in [0.2, 0.25) is 0 Å². The van der Waals surface area contributed by atoms with E-state index in [0.717, 1.165) is 16.1 Å². The predicted molar refractivity (Wildman–Crippen MR) is 151 cm³/mol. The molecule has 0 bridgehead atoms. The zero-order chi connectivity index (χ0) is 29.7. The molecule has 0 spiro atoms. The fourth-order valence-electron chi connectivity index (χ4n) is 4.94. The van der Waals surface area contributed by atoms with E-state index in [1.807, 2.05) is 39.0 Å². The van der Waals surface area contributed by atoms with Crippen LogP contribution in [0.1, 0.15) is 55.8 Å². The van der Waals surface area contributed by atoms with Crippen LogP contribution in [0.15, 0.2) is 34.3 Å². The number of thiazole rings is 1. The standard InChI is InChI=1S/C29H36N4O7S/c1-6-38-25(35)14-39-23-10-19(27-18(5)31-15-41-27)7-8-20(23)12-30-28(36)22-11-21(34)13-33(22)29(37)26(16(2)3)24-9-17(4)32-40-24/h7-10,15-16,21-22,26,34H,6,11-14H2,1-5H3,(H,30,36)/t21-,22+,26?/m1/s1. The Labute approximate surface area is 242 Å². The van der Waals surface area contributed by atoms with Gasteiger partial charge in [0.25, 0.3) is 0 Å². The molecular formula is C29H36N4O7S. The Morgan fingerprint density at radius 1 is 1.24 bits per heavy atom. The van der Waals surface area contributed by atoms with E-state index in [1.54, 1.807) is 25.4 Å². The summed E-state index contributed by atoms with van der Waals surface area (Å²) < 4.78 is 16.2. The number of aliphatic hydroxyl groups is 1. The highest BCUT2D eigenvalue weighted by molar-refractivity contribution is 7.13. The van der Waals surface area contributed by atoms with Gasteiger partial charge in [0.1, 0.15) is 23.5 Å². The highest BCUT2D eigenvalue weighted by Crippen LogP contribution is 2.33. The molecule has 2 amide bonds. The van der Waals surface area contributed by atoms with Crippen LogP contribution in [0.5, 0.6) is 5.75 Å². The van der Waals surface area contributed by atoms with E-state index >= 15 is 0 Å². The molecule has 3 heterocycles. The van der Waals surface area contributed by atoms with Crippen molar-refractivity contribution in [3.63, 3.8) is 0 Å². The Kier molecular flexibility index (Phi) is 9.77. The smallest absolute Gasteiger partial charge is 0.344 e. The maximum Gasteiger partial charge on any atom is 0.344 e. The number of aliphatic hydroxyl groups excluding tert-OH is 1. The Morgan fingerprint density at radius 2 is 2.02 bits per heavy atom. The van der Waals surface area contributed by atoms with Crippen molar-refractivity contribution in [2.45, 2.75) is 65.6 Å². The Bertz CT molecular complexity index is 1380. The number of amides is 2. The number of ether oxygens (including phenoxy) is 2. The summed E-state index contributed by atoms with van der Waals surface area (Å²) in [4.78, 5) is 45.7. The second kappa shape index (κ2) is 13.3. The van der Waals surface area contributed by atoms with Crippen LogP contribution in [0, 0.1) is 19.8 Å². The van der Waals surface area contributed by atoms with Crippen molar-refractivity contribution in [2.75, 3.05) is 19.8 Å². The van der Waals surface area contributed by atoms with Crippen molar-refractivity contribution in [2.24, 2.45) is 5.92 Å². The zero-order valence-corrected chi connectivity index (χ0v) is 24.7. The molecule has 220 valence electrons. The lowest BCUT2D eigenvalue weighted by atomic mass is 9.91. The van der Waals surface area contributed by atoms with Gasteiger partial charge in [-0.25, -0.2) is 9.78 Å². The number of aryl methyl sites for hydroxylation is 2. The van der Waals surface area contributed by atoms with Gasteiger partial charge in [0.05, 0.1) is 34.5 Å². The molecular weight excluding hydrogens is 548 g/mol. The lowest BCUT2D eigenvalue weighted by molar-refractivity contribution is -0.145. The lowest BCUT2D eigenvalue weighted by Crippen LogP contribution is -2.48. The monoisotopic (exact) mass is 584 g/mol. The zero-order valence-electron chi connectivity index (χ0n) is 23.9. The van der Waals surface area contributed by atoms with E-state index in [9.17, 15) is 19.5 Å². The van der Waals surface area contributed by atoms with Gasteiger partial charge >= 0.3 is 5.97 Å². The predicted octanol–water partition coefficient (Wildman–Crippen LogP) is 3.37. The molecule has 12 heteroatoms. The molecule has 2 N–H and O–H groups in total. The van der Waals surface area contributed by atoms with Crippen LogP contribution in [0.3, 0.4) is 0 Å². The van der Waals surface area contributed by atoms with Crippen LogP contribution in [-0.4, -0.2) is 69.8 Å². The van der Waals surface area contributed by atoms with Gasteiger partial charge in [-0.15, -0.1) is 11.3 Å². The Morgan fingerprint density at radius 3 is 2.66 bits per heavy atom. The molecule has 2 aromatic heterocycles. The number of aromatic nitrogens is 2. The molecule has 1 aliphatic rings. The first kappa shape index (κ1) is 30.2. The molecule has 3 aromatic rings. The lowest BCUT2D eigenvalue weighted by Gasteiger charge is -2.28. The average Bonchev–Trinajstić information content (AvgIpc) is 3.66. The number of benzene rings is 1. The molecule has 1 aliphatic heterocycles. The number of hydrogen-bond acceptors (Lipinski definition) is 10. The van der Waals surface area contributed by atoms with Crippen molar-refractivity contribution >= 4 is 29.1 Å². The van der Waals surface area contributed by atoms with E-state index in [1.165, 1.54) is 16.2 Å². The van der Waals surface area contributed by atoms with E-state index in [4.69, 9.17) is 14.0 Å². The van der Waals surface area contributed by atoms with Crippen molar-refractivity contribution < 1.29 is 33.5 Å². The van der Waals surface area contributed by atoms with Crippen LogP contribution in [0.25, 0.3) is 10.4 Å². The molecule has 0 radical (unpaired) electrons. The normalized spacial score (nSPS) is 17.5. The summed E-state index contributed by atoms with van der Waals surface area (Å²) in [5.41, 5.74) is 4.80. The second-order valence-corrected chi connectivity index (χ2v) is 11.2. The number of rotatable bonds is 11. The Hall–Kier alpha value is -3.77. The first-order chi connectivity index (χ1) is 19.6. The minimum Gasteiger partial charge on any atom is -0.482 e. The van der Waals surface area contributed by atoms with E-state index in [2.05, 4.69) is 15.5 Å². The number of esters is 1. The first-order valence-corrected chi connectivity index (χ1v) is 14.5. The van der Waals surface area contributed by atoms with Crippen LogP contribution in [-0.2, 0) is 25.7 Å². The van der Waals surface area contributed by atoms with Gasteiger partial charge in [-0.1, -0.05) is 31.1 Å². The molecule has 1 unspecified atom stereocenters. The van der Waals surface area contributed by atoms with Gasteiger partial charge in [-0.2, -0.15) is 0 Å². The van der Waals surface area contributed by atoms with Crippen LogP contribution < -0.4 is 10.1 Å². The second-order valence-electron chi connectivity index (χ2n) is 10.4. The fraction of sp³-hybridized carbons (Fsp3) is 0.483. The fourth-order valence-corrected chi connectivity index (χ4v) is 5.75. The number of likely N-dealkylation sites (tertiary alicyclic amines) is 1. The number of nitrogens with zero attached hydrogens (tertiary/aromatic N) is 3. The van der Waals surface area contributed by atoms with Gasteiger partial charge in [0.2, 0.25) is 11.8 Å². The van der Waals surface area contributed by atoms with Gasteiger partial charge in [-0.05, 0) is 38.3 Å². The number of hydrogen-bond donors (Lipinski definition) is 2. The van der Waals surface area contributed by atoms with Crippen LogP contribution >= 0.6 is 11.3 Å². The summed E-state index contributed by atoms with van der Waals surface area (Å²) in [6.45, 7) is 9.29. The minimum atomic E-state index is -0.856. The van der Waals surface area contributed by atoms with Crippen LogP contribution in [0.4, 0.5) is 0 Å². The van der Waals surface area contributed by atoms with E-state index in [-0.39, 0.29) is 44.5 Å². The summed E-state index contributed by atoms with van der Waals surface area (Å²) >= 11 is 1.49. The van der Waals surface area contributed by atoms with E-state index < -0.39 is 29.9 Å². The van der Waals surface area contributed by atoms with Gasteiger partial charge in [0.15, 0.2) is 6.61 Å². The summed E-state index contributed by atoms with van der Waals surface area (Å²) in [5, 5.41) is 17.2. The third-order valence-corrected chi connectivity index (χ3v) is 7.91. The van der Waals surface area contributed by atoms with Crippen molar-refractivity contribution in [3.05, 3.63) is 52.5 Å². The summed E-state index contributed by atoms with van der Waals surface area (Å²) in [7, 11) is 0. The molecule has 0 aliphatic carbocycles. The van der Waals surface area contributed by atoms with Crippen molar-refractivity contribution in [3.8, 4) is 16.2 Å². The number of nitrogens with one attached hydrogen (secondary N) is 1. The largest absolute Gasteiger partial charge is 0.482 e. The first-order valence-electron chi connectivity index (χ1n) is 13.6. The van der Waals surface area contributed by atoms with Crippen molar-refractivity contribution in [1.29, 1.82) is 0 Å². The summed E-state index contributed by atoms with van der Waals surface area (Å²) in [5.74, 6) is -1.09. The molecule has 41 heavy (non-hydrogen) atoms. The summed E-state index contributed by atoms with van der Waals surface area (Å²) in [6.07, 6.45) is -0.711. The number of β-amino-alcohol motifs (C(OH)–C–C–N with tert-alkyl or cyclic N) is 1. The molecule has 4 rings (SSSR count). The Balaban J connectivity index is 1.51. The third kappa shape index (κ3) is 7.12. The third-order valence-electron chi connectivity index (χ3n) is 6.93. The number of carbonyl (C=O) groups excluding carboxylic acids is 3. The van der Waals surface area contributed by atoms with Gasteiger partial charge in [0, 0.05) is 31.1 Å². The molecule has 0 saturated carbocycles. The van der Waals surface area contributed by atoms with Gasteiger partial charge < -0.3 is 29.3 Å². The molecule has 1 saturated heterocycles. The maximum absolute atomic E-state index is 13.6. The minimum absolute atomic E-state index is 0.0457. The summed E-state index contributed by atoms with van der Waals surface area (Å²) in [6, 6.07) is 6.40. The van der Waals surface area contributed by atoms with Crippen molar-refractivity contribution in [1.82, 2.24) is 20.4 Å². The topological polar surface area (TPSA) is 144 Å². The highest BCUT2D eigenvalue weighted by Gasteiger charge is 2.43. The quantitative estimate of drug-likeness (QED) is 0.324. The molecule has 1 fully saturated rings. The molecule has 11 nitrogen and oxygen atoms in total. The molecule has 3 atom stereocenters.